The fourth-order valence-corrected chi connectivity index (χ4v) is 3.94. The summed E-state index contributed by atoms with van der Waals surface area (Å²) in [5.41, 5.74) is 3.11. The number of carbonyl (C=O) groups is 3. The lowest BCUT2D eigenvalue weighted by molar-refractivity contribution is -0.123. The first-order chi connectivity index (χ1) is 16.0. The molecule has 4 aromatic rings. The number of para-hydroxylation sites is 1. The van der Waals surface area contributed by atoms with Crippen LogP contribution in [0, 0.1) is 0 Å². The normalized spacial score (nSPS) is 13.8. The summed E-state index contributed by atoms with van der Waals surface area (Å²) >= 11 is 6.24. The summed E-state index contributed by atoms with van der Waals surface area (Å²) < 4.78 is 3.69. The smallest absolute Gasteiger partial charge is 0.328 e. The third kappa shape index (κ3) is 4.13. The van der Waals surface area contributed by atoms with E-state index in [1.165, 1.54) is 6.08 Å². The van der Waals surface area contributed by atoms with Crippen molar-refractivity contribution in [3.8, 4) is 0 Å². The number of fused-ring (bicyclic) bond motifs is 1. The number of nitrogens with one attached hydrogen (secondary N) is 2. The second-order valence-corrected chi connectivity index (χ2v) is 7.93. The molecule has 33 heavy (non-hydrogen) atoms. The summed E-state index contributed by atoms with van der Waals surface area (Å²) in [6.45, 7) is 0.933. The number of hydrogen-bond acceptors (Lipinski definition) is 5. The molecule has 0 spiro atoms. The van der Waals surface area contributed by atoms with Crippen molar-refractivity contribution in [2.75, 3.05) is 0 Å². The molecule has 10 heteroatoms. The molecule has 5 rings (SSSR count). The van der Waals surface area contributed by atoms with Crippen LogP contribution in [0.3, 0.4) is 0 Å². The first kappa shape index (κ1) is 20.7. The number of urea groups is 1. The Morgan fingerprint density at radius 1 is 0.909 bits per heavy atom. The molecule has 3 heterocycles. The van der Waals surface area contributed by atoms with Gasteiger partial charge in [-0.25, -0.2) is 9.48 Å². The van der Waals surface area contributed by atoms with Crippen molar-refractivity contribution >= 4 is 46.4 Å². The largest absolute Gasteiger partial charge is 0.341 e. The molecule has 2 aromatic heterocycles. The van der Waals surface area contributed by atoms with Crippen LogP contribution >= 0.6 is 11.6 Å². The van der Waals surface area contributed by atoms with Gasteiger partial charge in [0.15, 0.2) is 0 Å². The highest BCUT2D eigenvalue weighted by Crippen LogP contribution is 2.25. The van der Waals surface area contributed by atoms with Gasteiger partial charge in [0.25, 0.3) is 11.8 Å². The highest BCUT2D eigenvalue weighted by Gasteiger charge is 2.28. The molecule has 1 aliphatic rings. The number of nitrogens with zero attached hydrogens (tertiary/aromatic N) is 4. The number of rotatable bonds is 5. The number of halogens is 1. The van der Waals surface area contributed by atoms with E-state index in [0.717, 1.165) is 22.2 Å². The first-order valence-corrected chi connectivity index (χ1v) is 10.4. The molecule has 0 saturated carbocycles. The Morgan fingerprint density at radius 2 is 1.64 bits per heavy atom. The van der Waals surface area contributed by atoms with Crippen molar-refractivity contribution in [2.24, 2.45) is 0 Å². The van der Waals surface area contributed by atoms with E-state index in [-0.39, 0.29) is 5.57 Å². The summed E-state index contributed by atoms with van der Waals surface area (Å²) in [6, 6.07) is 14.4. The molecule has 1 aliphatic heterocycles. The average Bonchev–Trinajstić information content (AvgIpc) is 3.37. The molecule has 0 radical (unpaired) electrons. The van der Waals surface area contributed by atoms with Crippen molar-refractivity contribution in [1.29, 1.82) is 0 Å². The topological polar surface area (TPSA) is 111 Å². The van der Waals surface area contributed by atoms with Crippen LogP contribution in [0.5, 0.6) is 0 Å². The molecule has 0 aliphatic carbocycles. The Morgan fingerprint density at radius 3 is 2.42 bits per heavy atom. The van der Waals surface area contributed by atoms with Crippen LogP contribution in [-0.4, -0.2) is 37.4 Å². The van der Waals surface area contributed by atoms with Gasteiger partial charge < -0.3 is 4.57 Å². The van der Waals surface area contributed by atoms with Gasteiger partial charge in [-0.2, -0.15) is 0 Å². The second kappa shape index (κ2) is 8.36. The van der Waals surface area contributed by atoms with Gasteiger partial charge in [-0.05, 0) is 23.8 Å². The standard InChI is InChI=1S/C23H17ClN6O3/c24-19-7-3-1-5-14(19)11-30-13-16(27-28-30)12-29-10-15(17-6-2-4-8-20(17)29)9-18-21(31)25-23(33)26-22(18)32/h1-10,13H,11-12H2,(H2,25,26,31,32,33). The van der Waals surface area contributed by atoms with Gasteiger partial charge in [-0.1, -0.05) is 53.2 Å². The maximum atomic E-state index is 12.1. The summed E-state index contributed by atoms with van der Waals surface area (Å²) in [5, 5.41) is 14.2. The summed E-state index contributed by atoms with van der Waals surface area (Å²) in [6.07, 6.45) is 5.16. The second-order valence-electron chi connectivity index (χ2n) is 7.52. The summed E-state index contributed by atoms with van der Waals surface area (Å²) in [7, 11) is 0. The van der Waals surface area contributed by atoms with Crippen molar-refractivity contribution in [2.45, 2.75) is 13.1 Å². The number of amides is 4. The predicted octanol–water partition coefficient (Wildman–Crippen LogP) is 2.73. The van der Waals surface area contributed by atoms with Gasteiger partial charge in [0.05, 0.1) is 19.3 Å². The minimum Gasteiger partial charge on any atom is -0.341 e. The van der Waals surface area contributed by atoms with Crippen molar-refractivity contribution in [3.05, 3.63) is 88.3 Å². The van der Waals surface area contributed by atoms with Crippen LogP contribution in [0.2, 0.25) is 5.02 Å². The molecule has 2 N–H and O–H groups in total. The van der Waals surface area contributed by atoms with Crippen LogP contribution < -0.4 is 10.6 Å². The lowest BCUT2D eigenvalue weighted by atomic mass is 10.1. The number of carbonyl (C=O) groups excluding carboxylic acids is 3. The van der Waals surface area contributed by atoms with Crippen molar-refractivity contribution < 1.29 is 14.4 Å². The van der Waals surface area contributed by atoms with Gasteiger partial charge in [0, 0.05) is 27.7 Å². The van der Waals surface area contributed by atoms with Crippen LogP contribution in [0.15, 0.2) is 66.5 Å². The maximum Gasteiger partial charge on any atom is 0.328 e. The average molecular weight is 461 g/mol. The number of aromatic nitrogens is 4. The lowest BCUT2D eigenvalue weighted by Crippen LogP contribution is -2.51. The van der Waals surface area contributed by atoms with Gasteiger partial charge in [0.2, 0.25) is 0 Å². The predicted molar refractivity (Wildman–Crippen MR) is 121 cm³/mol. The number of benzene rings is 2. The Balaban J connectivity index is 1.45. The van der Waals surface area contributed by atoms with E-state index < -0.39 is 17.8 Å². The molecule has 1 fully saturated rings. The highest BCUT2D eigenvalue weighted by atomic mass is 35.5. The quantitative estimate of drug-likeness (QED) is 0.351. The maximum absolute atomic E-state index is 12.1. The molecule has 1 saturated heterocycles. The van der Waals surface area contributed by atoms with Gasteiger partial charge >= 0.3 is 6.03 Å². The van der Waals surface area contributed by atoms with Crippen molar-refractivity contribution in [3.63, 3.8) is 0 Å². The molecule has 2 aromatic carbocycles. The molecular weight excluding hydrogens is 444 g/mol. The summed E-state index contributed by atoms with van der Waals surface area (Å²) in [5.74, 6) is -1.47. The zero-order valence-corrected chi connectivity index (χ0v) is 17.9. The third-order valence-electron chi connectivity index (χ3n) is 5.27. The highest BCUT2D eigenvalue weighted by molar-refractivity contribution is 6.31. The Labute approximate surface area is 192 Å². The molecule has 9 nitrogen and oxygen atoms in total. The number of hydrogen-bond donors (Lipinski definition) is 2. The van der Waals surface area contributed by atoms with E-state index in [1.54, 1.807) is 4.68 Å². The zero-order chi connectivity index (χ0) is 22.9. The van der Waals surface area contributed by atoms with E-state index in [0.29, 0.717) is 23.7 Å². The van der Waals surface area contributed by atoms with Crippen LogP contribution in [0.1, 0.15) is 16.8 Å². The Bertz CT molecular complexity index is 1430. The molecule has 0 atom stereocenters. The van der Waals surface area contributed by atoms with Gasteiger partial charge in [0.1, 0.15) is 11.3 Å². The minimum absolute atomic E-state index is 0.136. The van der Waals surface area contributed by atoms with E-state index in [9.17, 15) is 14.4 Å². The van der Waals surface area contributed by atoms with Gasteiger partial charge in [-0.15, -0.1) is 5.10 Å². The zero-order valence-electron chi connectivity index (χ0n) is 17.2. The van der Waals surface area contributed by atoms with Crippen LogP contribution in [0.25, 0.3) is 17.0 Å². The van der Waals surface area contributed by atoms with Gasteiger partial charge in [-0.3, -0.25) is 20.2 Å². The van der Waals surface area contributed by atoms with Crippen LogP contribution in [0.4, 0.5) is 4.79 Å². The summed E-state index contributed by atoms with van der Waals surface area (Å²) in [4.78, 5) is 35.6. The van der Waals surface area contributed by atoms with E-state index in [4.69, 9.17) is 11.6 Å². The monoisotopic (exact) mass is 460 g/mol. The molecule has 164 valence electrons. The molecule has 4 amide bonds. The number of barbiturate groups is 1. The molecule has 0 bridgehead atoms. The number of imide groups is 2. The van der Waals surface area contributed by atoms with E-state index in [1.807, 2.05) is 65.5 Å². The minimum atomic E-state index is -0.829. The fourth-order valence-electron chi connectivity index (χ4n) is 3.75. The SMILES string of the molecule is O=C1NC(=O)C(=Cc2cn(Cc3cn(Cc4ccccc4Cl)nn3)c3ccccc23)C(=O)N1. The van der Waals surface area contributed by atoms with Crippen molar-refractivity contribution in [1.82, 2.24) is 30.2 Å². The van der Waals surface area contributed by atoms with E-state index >= 15 is 0 Å². The van der Waals surface area contributed by atoms with Crippen LogP contribution in [-0.2, 0) is 22.7 Å². The lowest BCUT2D eigenvalue weighted by Gasteiger charge is -2.13. The first-order valence-electron chi connectivity index (χ1n) is 10.1. The Kier molecular flexibility index (Phi) is 5.23. The fraction of sp³-hybridized carbons (Fsp3) is 0.0870. The van der Waals surface area contributed by atoms with E-state index in [2.05, 4.69) is 20.9 Å². The molecule has 0 unspecified atom stereocenters. The Hall–Kier alpha value is -4.24. The third-order valence-corrected chi connectivity index (χ3v) is 5.64. The molecular formula is C23H17ClN6O3.